The van der Waals surface area contributed by atoms with E-state index < -0.39 is 0 Å². The highest BCUT2D eigenvalue weighted by molar-refractivity contribution is 5.29. The molecule has 0 radical (unpaired) electrons. The van der Waals surface area contributed by atoms with Crippen LogP contribution in [-0.4, -0.2) is 11.1 Å². The minimum absolute atomic E-state index is 0.467. The van der Waals surface area contributed by atoms with Gasteiger partial charge < -0.3 is 4.74 Å². The van der Waals surface area contributed by atoms with E-state index in [2.05, 4.69) is 11.9 Å². The third-order valence-corrected chi connectivity index (χ3v) is 2.22. The summed E-state index contributed by atoms with van der Waals surface area (Å²) in [5.41, 5.74) is 2.16. The molecule has 1 aromatic heterocycles. The molecule has 1 aromatic rings. The summed E-state index contributed by atoms with van der Waals surface area (Å²) in [6.07, 6.45) is 3.83. The van der Waals surface area contributed by atoms with E-state index in [-0.39, 0.29) is 0 Å². The van der Waals surface area contributed by atoms with Crippen molar-refractivity contribution in [2.45, 2.75) is 39.2 Å². The van der Waals surface area contributed by atoms with E-state index in [1.54, 1.807) is 0 Å². The van der Waals surface area contributed by atoms with Crippen molar-refractivity contribution < 1.29 is 4.74 Å². The molecular formula is C11H15NO. The number of hydrogen-bond donors (Lipinski definition) is 0. The van der Waals surface area contributed by atoms with Crippen LogP contribution < -0.4 is 4.74 Å². The molecule has 1 heterocycles. The first-order chi connectivity index (χ1) is 6.29. The normalized spacial score (nSPS) is 15.8. The Hall–Kier alpha value is -1.05. The van der Waals surface area contributed by atoms with Crippen molar-refractivity contribution in [3.05, 3.63) is 23.5 Å². The molecule has 0 N–H and O–H groups in total. The second-order valence-electron chi connectivity index (χ2n) is 3.57. The van der Waals surface area contributed by atoms with E-state index in [1.165, 1.54) is 12.8 Å². The Morgan fingerprint density at radius 1 is 1.46 bits per heavy atom. The highest BCUT2D eigenvalue weighted by atomic mass is 16.5. The number of pyridine rings is 1. The molecule has 1 aliphatic rings. The van der Waals surface area contributed by atoms with Crippen molar-refractivity contribution in [2.75, 3.05) is 0 Å². The third kappa shape index (κ3) is 2.00. The molecule has 2 rings (SSSR count). The number of nitrogens with zero attached hydrogens (tertiary/aromatic N) is 1. The molecule has 0 bridgehead atoms. The first-order valence-electron chi connectivity index (χ1n) is 4.92. The fraction of sp³-hybridized carbons (Fsp3) is 0.545. The van der Waals surface area contributed by atoms with Crippen LogP contribution in [0.3, 0.4) is 0 Å². The van der Waals surface area contributed by atoms with Gasteiger partial charge in [0.15, 0.2) is 0 Å². The molecule has 0 saturated heterocycles. The summed E-state index contributed by atoms with van der Waals surface area (Å²) in [6, 6.07) is 4.05. The van der Waals surface area contributed by atoms with Gasteiger partial charge in [0, 0.05) is 5.69 Å². The molecule has 0 aromatic carbocycles. The average Bonchev–Trinajstić information content (AvgIpc) is 2.92. The second kappa shape index (κ2) is 3.36. The number of rotatable bonds is 3. The molecule has 1 saturated carbocycles. The maximum atomic E-state index is 5.74. The molecule has 0 amide bonds. The smallest absolute Gasteiger partial charge is 0.141 e. The minimum atomic E-state index is 0.467. The van der Waals surface area contributed by atoms with Crippen LogP contribution in [-0.2, 0) is 6.42 Å². The molecule has 2 heteroatoms. The third-order valence-electron chi connectivity index (χ3n) is 2.22. The summed E-state index contributed by atoms with van der Waals surface area (Å²) >= 11 is 0. The summed E-state index contributed by atoms with van der Waals surface area (Å²) in [4.78, 5) is 4.45. The van der Waals surface area contributed by atoms with Crippen LogP contribution in [0, 0.1) is 6.92 Å². The first kappa shape index (κ1) is 8.54. The van der Waals surface area contributed by atoms with Crippen LogP contribution in [0.25, 0.3) is 0 Å². The Morgan fingerprint density at radius 2 is 2.23 bits per heavy atom. The van der Waals surface area contributed by atoms with Gasteiger partial charge in [-0.15, -0.1) is 0 Å². The van der Waals surface area contributed by atoms with E-state index in [1.807, 2.05) is 19.1 Å². The maximum absolute atomic E-state index is 5.74. The zero-order valence-corrected chi connectivity index (χ0v) is 8.21. The standard InChI is InChI=1S/C11H15NO/c1-3-10-11(13-9-5-6-9)7-4-8(2)12-10/h4,7,9H,3,5-6H2,1-2H3. The minimum Gasteiger partial charge on any atom is -0.489 e. The van der Waals surface area contributed by atoms with Crippen molar-refractivity contribution in [3.8, 4) is 5.75 Å². The molecular weight excluding hydrogens is 162 g/mol. The quantitative estimate of drug-likeness (QED) is 0.707. The summed E-state index contributed by atoms with van der Waals surface area (Å²) in [7, 11) is 0. The van der Waals surface area contributed by atoms with E-state index in [9.17, 15) is 0 Å². The lowest BCUT2D eigenvalue weighted by Gasteiger charge is -2.08. The Bertz CT molecular complexity index is 305. The zero-order valence-electron chi connectivity index (χ0n) is 8.21. The van der Waals surface area contributed by atoms with E-state index in [4.69, 9.17) is 4.74 Å². The molecule has 2 nitrogen and oxygen atoms in total. The predicted molar refractivity (Wildman–Crippen MR) is 52.0 cm³/mol. The van der Waals surface area contributed by atoms with Crippen molar-refractivity contribution in [2.24, 2.45) is 0 Å². The molecule has 0 aliphatic heterocycles. The lowest BCUT2D eigenvalue weighted by atomic mass is 10.2. The van der Waals surface area contributed by atoms with Crippen LogP contribution in [0.15, 0.2) is 12.1 Å². The lowest BCUT2D eigenvalue weighted by molar-refractivity contribution is 0.298. The van der Waals surface area contributed by atoms with E-state index in [0.717, 1.165) is 23.6 Å². The molecule has 0 unspecified atom stereocenters. The Labute approximate surface area is 78.9 Å². The molecule has 0 atom stereocenters. The lowest BCUT2D eigenvalue weighted by Crippen LogP contribution is -2.01. The highest BCUT2D eigenvalue weighted by Gasteiger charge is 2.24. The summed E-state index contributed by atoms with van der Waals surface area (Å²) in [6.45, 7) is 4.13. The largest absolute Gasteiger partial charge is 0.489 e. The maximum Gasteiger partial charge on any atom is 0.141 e. The van der Waals surface area contributed by atoms with Gasteiger partial charge in [0.05, 0.1) is 11.8 Å². The average molecular weight is 177 g/mol. The van der Waals surface area contributed by atoms with Gasteiger partial charge >= 0.3 is 0 Å². The van der Waals surface area contributed by atoms with Crippen molar-refractivity contribution in [1.29, 1.82) is 0 Å². The van der Waals surface area contributed by atoms with Crippen LogP contribution in [0.2, 0.25) is 0 Å². The van der Waals surface area contributed by atoms with Gasteiger partial charge in [0.25, 0.3) is 0 Å². The first-order valence-corrected chi connectivity index (χ1v) is 4.92. The number of hydrogen-bond acceptors (Lipinski definition) is 2. The molecule has 70 valence electrons. The summed E-state index contributed by atoms with van der Waals surface area (Å²) in [5.74, 6) is 0.982. The Balaban J connectivity index is 2.21. The molecule has 1 aliphatic carbocycles. The fourth-order valence-corrected chi connectivity index (χ4v) is 1.32. The van der Waals surface area contributed by atoms with Gasteiger partial charge in [-0.25, -0.2) is 0 Å². The fourth-order valence-electron chi connectivity index (χ4n) is 1.32. The van der Waals surface area contributed by atoms with E-state index >= 15 is 0 Å². The number of ether oxygens (including phenoxy) is 1. The van der Waals surface area contributed by atoms with Crippen LogP contribution in [0.5, 0.6) is 5.75 Å². The summed E-state index contributed by atoms with van der Waals surface area (Å²) in [5, 5.41) is 0. The monoisotopic (exact) mass is 177 g/mol. The van der Waals surface area contributed by atoms with Gasteiger partial charge in [0.2, 0.25) is 0 Å². The Kier molecular flexibility index (Phi) is 2.21. The topological polar surface area (TPSA) is 22.1 Å². The molecule has 0 spiro atoms. The van der Waals surface area contributed by atoms with Crippen LogP contribution in [0.1, 0.15) is 31.2 Å². The van der Waals surface area contributed by atoms with Gasteiger partial charge in [0.1, 0.15) is 5.75 Å². The second-order valence-corrected chi connectivity index (χ2v) is 3.57. The Morgan fingerprint density at radius 3 is 2.85 bits per heavy atom. The van der Waals surface area contributed by atoms with Gasteiger partial charge in [-0.1, -0.05) is 6.92 Å². The summed E-state index contributed by atoms with van der Waals surface area (Å²) < 4.78 is 5.74. The van der Waals surface area contributed by atoms with Crippen molar-refractivity contribution >= 4 is 0 Å². The molecule has 13 heavy (non-hydrogen) atoms. The van der Waals surface area contributed by atoms with Gasteiger partial charge in [-0.2, -0.15) is 0 Å². The zero-order chi connectivity index (χ0) is 9.26. The van der Waals surface area contributed by atoms with E-state index in [0.29, 0.717) is 6.10 Å². The SMILES string of the molecule is CCc1nc(C)ccc1OC1CC1. The van der Waals surface area contributed by atoms with Crippen molar-refractivity contribution in [3.63, 3.8) is 0 Å². The van der Waals surface area contributed by atoms with Crippen LogP contribution in [0.4, 0.5) is 0 Å². The predicted octanol–water partition coefficient (Wildman–Crippen LogP) is 2.49. The number of aryl methyl sites for hydroxylation is 2. The highest BCUT2D eigenvalue weighted by Crippen LogP contribution is 2.28. The van der Waals surface area contributed by atoms with Gasteiger partial charge in [-0.05, 0) is 38.3 Å². The molecule has 1 fully saturated rings. The van der Waals surface area contributed by atoms with Crippen molar-refractivity contribution in [1.82, 2.24) is 4.98 Å². The number of aromatic nitrogens is 1. The van der Waals surface area contributed by atoms with Gasteiger partial charge in [-0.3, -0.25) is 4.98 Å². The van der Waals surface area contributed by atoms with Crippen LogP contribution >= 0.6 is 0 Å².